The van der Waals surface area contributed by atoms with Crippen molar-refractivity contribution >= 4 is 0 Å². The molecule has 1 heterocycles. The predicted octanol–water partition coefficient (Wildman–Crippen LogP) is 0.0601. The minimum Gasteiger partial charge on any atom is -0.511 e. The zero-order valence-corrected chi connectivity index (χ0v) is 7.32. The molecule has 4 heteroatoms. The molecule has 0 aromatic heterocycles. The largest absolute Gasteiger partial charge is 1.00 e. The van der Waals surface area contributed by atoms with E-state index >= 15 is 0 Å². The van der Waals surface area contributed by atoms with Gasteiger partial charge in [-0.3, -0.25) is 0 Å². The van der Waals surface area contributed by atoms with Crippen LogP contribution in [-0.4, -0.2) is 36.1 Å². The molecule has 64 valence electrons. The quantitative estimate of drug-likeness (QED) is 0.435. The molecule has 0 fully saturated rings. The van der Waals surface area contributed by atoms with Crippen LogP contribution in [0.1, 0.15) is 0 Å². The van der Waals surface area contributed by atoms with Gasteiger partial charge in [-0.25, -0.2) is 0 Å². The maximum atomic E-state index is 7.00. The van der Waals surface area contributed by atoms with Crippen LogP contribution in [0.15, 0.2) is 12.4 Å². The Kier molecular flexibility index (Phi) is 8.66. The summed E-state index contributed by atoms with van der Waals surface area (Å²) in [4.78, 5) is 4.00. The van der Waals surface area contributed by atoms with Gasteiger partial charge in [0.1, 0.15) is 0 Å². The topological polar surface area (TPSA) is 26.7 Å². The van der Waals surface area contributed by atoms with Crippen LogP contribution in [0, 0.1) is 6.67 Å². The Morgan fingerprint density at radius 1 is 1.10 bits per heavy atom. The molecule has 1 N–H and O–H groups in total. The van der Waals surface area contributed by atoms with Crippen molar-refractivity contribution in [1.82, 2.24) is 9.80 Å². The van der Waals surface area contributed by atoms with Crippen LogP contribution in [0.5, 0.6) is 0 Å². The monoisotopic (exact) mass is 192 g/mol. The number of nitrogens with zero attached hydrogens (tertiary/aromatic N) is 2. The van der Waals surface area contributed by atoms with Crippen LogP contribution in [0.3, 0.4) is 0 Å². The average Bonchev–Trinajstić information content (AvgIpc) is 2.20. The van der Waals surface area contributed by atoms with E-state index in [9.17, 15) is 0 Å². The SMILES string of the molecule is CN1C=CN(C)[CH-]1.CO.[Cu+]. The molecule has 0 atom stereocenters. The zero-order chi connectivity index (χ0) is 7.28. The summed E-state index contributed by atoms with van der Waals surface area (Å²) in [5.41, 5.74) is 0. The Labute approximate surface area is 72.8 Å². The van der Waals surface area contributed by atoms with Gasteiger partial charge < -0.3 is 14.9 Å². The molecule has 0 spiro atoms. The summed E-state index contributed by atoms with van der Waals surface area (Å²) in [6.45, 7) is 2.00. The van der Waals surface area contributed by atoms with E-state index < -0.39 is 0 Å². The van der Waals surface area contributed by atoms with E-state index in [1.165, 1.54) is 0 Å². The number of aliphatic hydroxyl groups is 1. The fourth-order valence-electron chi connectivity index (χ4n) is 0.575. The minimum absolute atomic E-state index is 0. The third-order valence-corrected chi connectivity index (χ3v) is 0.901. The Morgan fingerprint density at radius 3 is 1.50 bits per heavy atom. The van der Waals surface area contributed by atoms with Gasteiger partial charge in [-0.05, 0) is 26.5 Å². The molecule has 1 aliphatic heterocycles. The first-order chi connectivity index (χ1) is 4.29. The molecule has 0 aromatic carbocycles. The van der Waals surface area contributed by atoms with Crippen molar-refractivity contribution in [2.24, 2.45) is 0 Å². The van der Waals surface area contributed by atoms with Gasteiger partial charge in [-0.15, -0.1) is 0 Å². The molecule has 0 saturated carbocycles. The van der Waals surface area contributed by atoms with E-state index in [1.54, 1.807) is 0 Å². The van der Waals surface area contributed by atoms with E-state index in [4.69, 9.17) is 5.11 Å². The first-order valence-corrected chi connectivity index (χ1v) is 2.71. The molecule has 0 aromatic rings. The molecule has 0 aliphatic carbocycles. The molecule has 0 bridgehead atoms. The Balaban J connectivity index is 0. The van der Waals surface area contributed by atoms with Crippen molar-refractivity contribution in [1.29, 1.82) is 0 Å². The van der Waals surface area contributed by atoms with E-state index in [1.807, 2.05) is 43.0 Å². The third kappa shape index (κ3) is 4.68. The zero-order valence-electron chi connectivity index (χ0n) is 6.38. The van der Waals surface area contributed by atoms with Crippen LogP contribution in [0.25, 0.3) is 0 Å². The summed E-state index contributed by atoms with van der Waals surface area (Å²) in [6.07, 6.45) is 4.00. The molecule has 1 rings (SSSR count). The Bertz CT molecular complexity index is 87.7. The smallest absolute Gasteiger partial charge is 0.511 e. The predicted molar refractivity (Wildman–Crippen MR) is 37.1 cm³/mol. The number of rotatable bonds is 0. The van der Waals surface area contributed by atoms with Crippen LogP contribution in [0.2, 0.25) is 0 Å². The van der Waals surface area contributed by atoms with Crippen molar-refractivity contribution in [2.45, 2.75) is 0 Å². The van der Waals surface area contributed by atoms with E-state index in [0.29, 0.717) is 0 Å². The second-order valence-electron chi connectivity index (χ2n) is 1.74. The van der Waals surface area contributed by atoms with Gasteiger partial charge in [0, 0.05) is 7.11 Å². The standard InChI is InChI=1S/C5H9N2.CH4O.Cu/c1-6-3-4-7(2)5-6;1-2;/h3-5H,1-2H3;2H,1H3;/q-1;;+1. The van der Waals surface area contributed by atoms with Crippen molar-refractivity contribution in [2.75, 3.05) is 21.2 Å². The maximum Gasteiger partial charge on any atom is 1.00 e. The molecule has 0 unspecified atom stereocenters. The minimum atomic E-state index is 0. The molecule has 1 aliphatic rings. The molecule has 0 saturated heterocycles. The molecule has 10 heavy (non-hydrogen) atoms. The summed E-state index contributed by atoms with van der Waals surface area (Å²) in [7, 11) is 5.00. The van der Waals surface area contributed by atoms with Gasteiger partial charge in [0.15, 0.2) is 0 Å². The Morgan fingerprint density at radius 2 is 1.40 bits per heavy atom. The van der Waals surface area contributed by atoms with Crippen LogP contribution < -0.4 is 0 Å². The molecular formula is C6H13CuN2O. The summed E-state index contributed by atoms with van der Waals surface area (Å²) < 4.78 is 0. The first kappa shape index (κ1) is 12.5. The fraction of sp³-hybridized carbons (Fsp3) is 0.500. The van der Waals surface area contributed by atoms with E-state index in [-0.39, 0.29) is 17.1 Å². The van der Waals surface area contributed by atoms with Crippen molar-refractivity contribution in [3.05, 3.63) is 19.1 Å². The van der Waals surface area contributed by atoms with E-state index in [2.05, 4.69) is 0 Å². The molecule has 0 radical (unpaired) electrons. The maximum absolute atomic E-state index is 7.00. The van der Waals surface area contributed by atoms with Gasteiger partial charge in [0.2, 0.25) is 0 Å². The van der Waals surface area contributed by atoms with Gasteiger partial charge >= 0.3 is 17.1 Å². The molecule has 0 amide bonds. The van der Waals surface area contributed by atoms with Crippen LogP contribution in [0.4, 0.5) is 0 Å². The van der Waals surface area contributed by atoms with Crippen molar-refractivity contribution in [3.63, 3.8) is 0 Å². The Hall–Kier alpha value is -0.181. The van der Waals surface area contributed by atoms with Crippen molar-refractivity contribution < 1.29 is 22.2 Å². The van der Waals surface area contributed by atoms with Gasteiger partial charge in [0.25, 0.3) is 0 Å². The van der Waals surface area contributed by atoms with Crippen LogP contribution >= 0.6 is 0 Å². The number of hydrogen-bond donors (Lipinski definition) is 1. The second-order valence-corrected chi connectivity index (χ2v) is 1.74. The second kappa shape index (κ2) is 6.93. The number of hydrogen-bond acceptors (Lipinski definition) is 3. The van der Waals surface area contributed by atoms with Gasteiger partial charge in [-0.1, -0.05) is 0 Å². The number of aliphatic hydroxyl groups excluding tert-OH is 1. The molecular weight excluding hydrogens is 180 g/mol. The van der Waals surface area contributed by atoms with E-state index in [0.717, 1.165) is 7.11 Å². The van der Waals surface area contributed by atoms with Gasteiger partial charge in [-0.2, -0.15) is 6.67 Å². The normalized spacial score (nSPS) is 14.0. The first-order valence-electron chi connectivity index (χ1n) is 2.71. The fourth-order valence-corrected chi connectivity index (χ4v) is 0.575. The van der Waals surface area contributed by atoms with Crippen molar-refractivity contribution in [3.8, 4) is 0 Å². The van der Waals surface area contributed by atoms with Crippen LogP contribution in [-0.2, 0) is 17.1 Å². The summed E-state index contributed by atoms with van der Waals surface area (Å²) in [5, 5.41) is 7.00. The third-order valence-electron chi connectivity index (χ3n) is 0.901. The average molecular weight is 193 g/mol. The summed E-state index contributed by atoms with van der Waals surface area (Å²) >= 11 is 0. The summed E-state index contributed by atoms with van der Waals surface area (Å²) in [5.74, 6) is 0. The molecule has 3 nitrogen and oxygen atoms in total. The summed E-state index contributed by atoms with van der Waals surface area (Å²) in [6, 6.07) is 0. The van der Waals surface area contributed by atoms with Gasteiger partial charge in [0.05, 0.1) is 0 Å².